The second-order valence-electron chi connectivity index (χ2n) is 7.04. The van der Waals surface area contributed by atoms with Crippen LogP contribution in [0.15, 0.2) is 30.3 Å². The number of carbonyl (C=O) groups excluding carboxylic acids is 2. The quantitative estimate of drug-likeness (QED) is 0.705. The summed E-state index contributed by atoms with van der Waals surface area (Å²) in [5, 5.41) is 4.27. The van der Waals surface area contributed by atoms with Gasteiger partial charge in [-0.2, -0.15) is 0 Å². The van der Waals surface area contributed by atoms with Crippen LogP contribution in [0.2, 0.25) is 15.1 Å². The highest BCUT2D eigenvalue weighted by Gasteiger charge is 2.25. The number of rotatable bonds is 5. The highest BCUT2D eigenvalue weighted by molar-refractivity contribution is 6.36. The van der Waals surface area contributed by atoms with Crippen molar-refractivity contribution in [3.63, 3.8) is 0 Å². The molecule has 0 aromatic heterocycles. The van der Waals surface area contributed by atoms with E-state index < -0.39 is 0 Å². The zero-order valence-corrected chi connectivity index (χ0v) is 18.9. The predicted octanol–water partition coefficient (Wildman–Crippen LogP) is 4.36. The molecule has 3 rings (SSSR count). The fourth-order valence-electron chi connectivity index (χ4n) is 3.26. The van der Waals surface area contributed by atoms with Gasteiger partial charge >= 0.3 is 0 Å². The van der Waals surface area contributed by atoms with Crippen LogP contribution in [0.25, 0.3) is 0 Å². The van der Waals surface area contributed by atoms with Crippen LogP contribution in [0.5, 0.6) is 5.75 Å². The number of benzene rings is 2. The number of piperazine rings is 1. The normalized spacial score (nSPS) is 14.5. The first-order chi connectivity index (χ1) is 14.3. The van der Waals surface area contributed by atoms with Crippen LogP contribution in [0.3, 0.4) is 0 Å². The predicted molar refractivity (Wildman–Crippen MR) is 120 cm³/mol. The van der Waals surface area contributed by atoms with Crippen molar-refractivity contribution >= 4 is 52.3 Å². The van der Waals surface area contributed by atoms with Crippen LogP contribution >= 0.6 is 34.8 Å². The Morgan fingerprint density at radius 3 is 2.37 bits per heavy atom. The van der Waals surface area contributed by atoms with Gasteiger partial charge in [0.2, 0.25) is 5.91 Å². The maximum absolute atomic E-state index is 12.7. The molecule has 6 nitrogen and oxygen atoms in total. The lowest BCUT2D eigenvalue weighted by molar-refractivity contribution is -0.117. The van der Waals surface area contributed by atoms with Crippen LogP contribution in [-0.2, 0) is 4.79 Å². The first kappa shape index (κ1) is 22.7. The Hall–Kier alpha value is -1.99. The van der Waals surface area contributed by atoms with Crippen molar-refractivity contribution in [3.8, 4) is 5.75 Å². The zero-order valence-electron chi connectivity index (χ0n) is 16.7. The summed E-state index contributed by atoms with van der Waals surface area (Å²) in [5.41, 5.74) is 1.86. The highest BCUT2D eigenvalue weighted by atomic mass is 35.5. The Morgan fingerprint density at radius 1 is 1.03 bits per heavy atom. The monoisotopic (exact) mass is 469 g/mol. The molecule has 160 valence electrons. The lowest BCUT2D eigenvalue weighted by Gasteiger charge is -2.34. The summed E-state index contributed by atoms with van der Waals surface area (Å²) in [4.78, 5) is 28.9. The first-order valence-corrected chi connectivity index (χ1v) is 10.5. The molecule has 2 aromatic rings. The van der Waals surface area contributed by atoms with Crippen molar-refractivity contribution in [2.75, 3.05) is 45.2 Å². The van der Waals surface area contributed by atoms with Gasteiger partial charge in [0.15, 0.2) is 0 Å². The minimum absolute atomic E-state index is 0.137. The van der Waals surface area contributed by atoms with E-state index in [4.69, 9.17) is 39.5 Å². The number of anilines is 1. The summed E-state index contributed by atoms with van der Waals surface area (Å²) in [6.45, 7) is 4.26. The van der Waals surface area contributed by atoms with Crippen molar-refractivity contribution in [2.24, 2.45) is 0 Å². The number of nitrogens with one attached hydrogen (secondary N) is 1. The number of aryl methyl sites for hydroxylation is 1. The zero-order chi connectivity index (χ0) is 21.8. The number of halogens is 3. The van der Waals surface area contributed by atoms with E-state index in [1.165, 1.54) is 7.11 Å². The van der Waals surface area contributed by atoms with E-state index in [0.29, 0.717) is 58.2 Å². The highest BCUT2D eigenvalue weighted by Crippen LogP contribution is 2.31. The van der Waals surface area contributed by atoms with Crippen LogP contribution < -0.4 is 10.1 Å². The number of amides is 2. The molecule has 9 heteroatoms. The summed E-state index contributed by atoms with van der Waals surface area (Å²) in [7, 11) is 1.53. The van der Waals surface area contributed by atoms with E-state index >= 15 is 0 Å². The third kappa shape index (κ3) is 5.38. The second-order valence-corrected chi connectivity index (χ2v) is 8.29. The Morgan fingerprint density at radius 2 is 1.73 bits per heavy atom. The summed E-state index contributed by atoms with van der Waals surface area (Å²) >= 11 is 18.2. The van der Waals surface area contributed by atoms with E-state index in [0.717, 1.165) is 5.56 Å². The second kappa shape index (κ2) is 9.88. The third-order valence-corrected chi connectivity index (χ3v) is 5.90. The maximum atomic E-state index is 12.7. The number of carbonyl (C=O) groups is 2. The van der Waals surface area contributed by atoms with Gasteiger partial charge in [-0.1, -0.05) is 34.8 Å². The minimum Gasteiger partial charge on any atom is -0.495 e. The van der Waals surface area contributed by atoms with Gasteiger partial charge in [-0.05, 0) is 36.8 Å². The molecular formula is C21H22Cl3N3O3. The average molecular weight is 471 g/mol. The smallest absolute Gasteiger partial charge is 0.255 e. The number of hydrogen-bond acceptors (Lipinski definition) is 4. The largest absolute Gasteiger partial charge is 0.495 e. The molecule has 0 bridgehead atoms. The molecule has 0 spiro atoms. The Labute approximate surface area is 190 Å². The van der Waals surface area contributed by atoms with Crippen LogP contribution in [0.1, 0.15) is 15.9 Å². The molecule has 0 unspecified atom stereocenters. The molecule has 1 aliphatic rings. The molecular weight excluding hydrogens is 449 g/mol. The van der Waals surface area contributed by atoms with Crippen molar-refractivity contribution in [3.05, 3.63) is 56.5 Å². The summed E-state index contributed by atoms with van der Waals surface area (Å²) in [5.74, 6) is 0.215. The summed E-state index contributed by atoms with van der Waals surface area (Å²) in [6.07, 6.45) is 0. The van der Waals surface area contributed by atoms with Crippen molar-refractivity contribution in [2.45, 2.75) is 6.92 Å². The van der Waals surface area contributed by atoms with Gasteiger partial charge in [0, 0.05) is 42.3 Å². The molecule has 1 fully saturated rings. The van der Waals surface area contributed by atoms with Gasteiger partial charge in [-0.3, -0.25) is 14.5 Å². The molecule has 0 radical (unpaired) electrons. The average Bonchev–Trinajstić information content (AvgIpc) is 2.70. The van der Waals surface area contributed by atoms with Gasteiger partial charge in [0.1, 0.15) is 5.75 Å². The van der Waals surface area contributed by atoms with Crippen molar-refractivity contribution in [1.82, 2.24) is 9.80 Å². The lowest BCUT2D eigenvalue weighted by Crippen LogP contribution is -2.50. The van der Waals surface area contributed by atoms with Gasteiger partial charge in [0.25, 0.3) is 5.91 Å². The van der Waals surface area contributed by atoms with E-state index in [9.17, 15) is 9.59 Å². The van der Waals surface area contributed by atoms with Gasteiger partial charge in [0.05, 0.1) is 29.9 Å². The Bertz CT molecular complexity index is 960. The Kier molecular flexibility index (Phi) is 7.47. The molecule has 2 aromatic carbocycles. The fraction of sp³-hybridized carbons (Fsp3) is 0.333. The fourth-order valence-corrected chi connectivity index (χ4v) is 3.91. The third-order valence-electron chi connectivity index (χ3n) is 4.94. The van der Waals surface area contributed by atoms with E-state index in [1.807, 2.05) is 11.8 Å². The lowest BCUT2D eigenvalue weighted by atomic mass is 10.1. The first-order valence-electron chi connectivity index (χ1n) is 9.39. The van der Waals surface area contributed by atoms with Crippen molar-refractivity contribution in [1.29, 1.82) is 0 Å². The number of hydrogen-bond donors (Lipinski definition) is 1. The summed E-state index contributed by atoms with van der Waals surface area (Å²) < 4.78 is 5.30. The van der Waals surface area contributed by atoms with Crippen LogP contribution in [-0.4, -0.2) is 61.4 Å². The summed E-state index contributed by atoms with van der Waals surface area (Å²) in [6, 6.07) is 8.30. The minimum atomic E-state index is -0.157. The molecule has 1 aliphatic heterocycles. The standard InChI is InChI=1S/C21H22Cl3N3O3/c1-13-9-18(19(30-2)11-16(13)23)25-20(28)12-26-5-7-27(8-6-26)21(29)15-4-3-14(22)10-17(15)24/h3-4,9-11H,5-8,12H2,1-2H3,(H,25,28). The molecule has 1 saturated heterocycles. The van der Waals surface area contributed by atoms with E-state index in [1.54, 1.807) is 35.2 Å². The SMILES string of the molecule is COc1cc(Cl)c(C)cc1NC(=O)CN1CCN(C(=O)c2ccc(Cl)cc2Cl)CC1. The van der Waals surface area contributed by atoms with Gasteiger partial charge in [-0.15, -0.1) is 0 Å². The van der Waals surface area contributed by atoms with Crippen LogP contribution in [0, 0.1) is 6.92 Å². The van der Waals surface area contributed by atoms with Crippen LogP contribution in [0.4, 0.5) is 5.69 Å². The molecule has 2 amide bonds. The molecule has 1 N–H and O–H groups in total. The molecule has 30 heavy (non-hydrogen) atoms. The topological polar surface area (TPSA) is 61.9 Å². The number of nitrogens with zero attached hydrogens (tertiary/aromatic N) is 2. The number of ether oxygens (including phenoxy) is 1. The Balaban J connectivity index is 1.55. The van der Waals surface area contributed by atoms with Gasteiger partial charge in [-0.25, -0.2) is 0 Å². The van der Waals surface area contributed by atoms with Gasteiger partial charge < -0.3 is 15.0 Å². The molecule has 0 atom stereocenters. The number of methoxy groups -OCH3 is 1. The van der Waals surface area contributed by atoms with E-state index in [2.05, 4.69) is 5.32 Å². The molecule has 0 saturated carbocycles. The molecule has 0 aliphatic carbocycles. The van der Waals surface area contributed by atoms with E-state index in [-0.39, 0.29) is 18.4 Å². The molecule has 1 heterocycles. The van der Waals surface area contributed by atoms with Crippen molar-refractivity contribution < 1.29 is 14.3 Å². The maximum Gasteiger partial charge on any atom is 0.255 e.